The molecule has 0 aliphatic carbocycles. The number of ether oxygens (including phenoxy) is 2. The summed E-state index contributed by atoms with van der Waals surface area (Å²) in [5, 5.41) is 12.5. The molecule has 2 heterocycles. The highest BCUT2D eigenvalue weighted by Gasteiger charge is 2.22. The van der Waals surface area contributed by atoms with Crippen molar-refractivity contribution in [2.75, 3.05) is 6.79 Å². The maximum absolute atomic E-state index is 12.4. The van der Waals surface area contributed by atoms with E-state index >= 15 is 0 Å². The third-order valence-corrected chi connectivity index (χ3v) is 4.96. The number of aromatic nitrogens is 4. The van der Waals surface area contributed by atoms with E-state index in [0.717, 1.165) is 11.1 Å². The summed E-state index contributed by atoms with van der Waals surface area (Å²) >= 11 is 0. The van der Waals surface area contributed by atoms with Crippen LogP contribution >= 0.6 is 0 Å². The van der Waals surface area contributed by atoms with Crippen LogP contribution in [0, 0.1) is 0 Å². The van der Waals surface area contributed by atoms with Gasteiger partial charge in [-0.3, -0.25) is 20.4 Å². The standard InChI is InChI=1S/C23H18N6O4/c30-22(25-26-23(31)18-7-4-8-19-20(18)33-14-32-19)17-11-9-15(10-12-17)13-29-27-21(24-28-29)16-5-2-1-3-6-16/h1-12H,13-14H2,(H,25,30)(H,26,31). The van der Waals surface area contributed by atoms with Gasteiger partial charge in [-0.25, -0.2) is 0 Å². The molecule has 2 N–H and O–H groups in total. The van der Waals surface area contributed by atoms with Gasteiger partial charge in [-0.2, -0.15) is 4.80 Å². The fraction of sp³-hybridized carbons (Fsp3) is 0.0870. The molecular formula is C23H18N6O4. The van der Waals surface area contributed by atoms with Crippen LogP contribution in [0.3, 0.4) is 0 Å². The fourth-order valence-corrected chi connectivity index (χ4v) is 3.30. The number of para-hydroxylation sites is 1. The van der Waals surface area contributed by atoms with Crippen molar-refractivity contribution in [3.05, 3.63) is 89.5 Å². The van der Waals surface area contributed by atoms with Crippen LogP contribution in [-0.4, -0.2) is 38.8 Å². The van der Waals surface area contributed by atoms with Crippen LogP contribution in [0.4, 0.5) is 0 Å². The Kier molecular flexibility index (Phi) is 5.38. The number of fused-ring (bicyclic) bond motifs is 1. The normalized spacial score (nSPS) is 11.8. The summed E-state index contributed by atoms with van der Waals surface area (Å²) in [4.78, 5) is 26.3. The molecule has 0 atom stereocenters. The van der Waals surface area contributed by atoms with Crippen LogP contribution in [0.25, 0.3) is 11.4 Å². The first-order valence-corrected chi connectivity index (χ1v) is 10.1. The zero-order chi connectivity index (χ0) is 22.6. The third-order valence-electron chi connectivity index (χ3n) is 4.96. The number of benzene rings is 3. The van der Waals surface area contributed by atoms with Gasteiger partial charge in [-0.1, -0.05) is 48.5 Å². The molecule has 0 bridgehead atoms. The minimum Gasteiger partial charge on any atom is -0.454 e. The zero-order valence-electron chi connectivity index (χ0n) is 17.3. The molecule has 0 saturated carbocycles. The molecule has 164 valence electrons. The Morgan fingerprint density at radius 1 is 0.879 bits per heavy atom. The molecule has 4 aromatic rings. The highest BCUT2D eigenvalue weighted by Crippen LogP contribution is 2.35. The lowest BCUT2D eigenvalue weighted by Gasteiger charge is -2.09. The number of carbonyl (C=O) groups is 2. The molecule has 0 fully saturated rings. The van der Waals surface area contributed by atoms with Crippen molar-refractivity contribution in [2.45, 2.75) is 6.54 Å². The number of hydrogen-bond donors (Lipinski definition) is 2. The summed E-state index contributed by atoms with van der Waals surface area (Å²) in [6, 6.07) is 21.4. The van der Waals surface area contributed by atoms with Crippen LogP contribution in [0.15, 0.2) is 72.8 Å². The predicted octanol–water partition coefficient (Wildman–Crippen LogP) is 2.19. The van der Waals surface area contributed by atoms with Crippen LogP contribution in [-0.2, 0) is 6.54 Å². The van der Waals surface area contributed by atoms with E-state index in [1.807, 2.05) is 30.3 Å². The van der Waals surface area contributed by atoms with Crippen LogP contribution < -0.4 is 20.3 Å². The summed E-state index contributed by atoms with van der Waals surface area (Å²) in [6.45, 7) is 0.454. The van der Waals surface area contributed by atoms with Crippen molar-refractivity contribution < 1.29 is 19.1 Å². The Balaban J connectivity index is 1.18. The second-order valence-electron chi connectivity index (χ2n) is 7.15. The Hall–Kier alpha value is -4.73. The first-order valence-electron chi connectivity index (χ1n) is 10.1. The quantitative estimate of drug-likeness (QED) is 0.455. The Bertz CT molecular complexity index is 1300. The van der Waals surface area contributed by atoms with Gasteiger partial charge in [0.25, 0.3) is 11.8 Å². The molecule has 0 spiro atoms. The Morgan fingerprint density at radius 3 is 2.48 bits per heavy atom. The molecule has 0 saturated heterocycles. The molecule has 0 unspecified atom stereocenters. The number of rotatable bonds is 5. The van der Waals surface area contributed by atoms with E-state index in [0.29, 0.717) is 29.4 Å². The van der Waals surface area contributed by atoms with E-state index < -0.39 is 11.8 Å². The molecule has 1 aromatic heterocycles. The van der Waals surface area contributed by atoms with E-state index in [2.05, 4.69) is 26.3 Å². The van der Waals surface area contributed by atoms with Crippen molar-refractivity contribution in [3.8, 4) is 22.9 Å². The van der Waals surface area contributed by atoms with E-state index in [9.17, 15) is 9.59 Å². The highest BCUT2D eigenvalue weighted by molar-refractivity contribution is 6.01. The van der Waals surface area contributed by atoms with Gasteiger partial charge in [-0.15, -0.1) is 10.2 Å². The molecule has 10 heteroatoms. The van der Waals surface area contributed by atoms with Crippen molar-refractivity contribution in [1.29, 1.82) is 0 Å². The molecule has 1 aliphatic heterocycles. The lowest BCUT2D eigenvalue weighted by Crippen LogP contribution is -2.41. The van der Waals surface area contributed by atoms with Crippen LogP contribution in [0.2, 0.25) is 0 Å². The predicted molar refractivity (Wildman–Crippen MR) is 116 cm³/mol. The topological polar surface area (TPSA) is 120 Å². The number of tetrazole rings is 1. The lowest BCUT2D eigenvalue weighted by molar-refractivity contribution is 0.0844. The van der Waals surface area contributed by atoms with Gasteiger partial charge in [-0.05, 0) is 35.0 Å². The maximum atomic E-state index is 12.4. The summed E-state index contributed by atoms with van der Waals surface area (Å²) in [7, 11) is 0. The molecular weight excluding hydrogens is 424 g/mol. The van der Waals surface area contributed by atoms with E-state index in [4.69, 9.17) is 9.47 Å². The van der Waals surface area contributed by atoms with Crippen molar-refractivity contribution in [1.82, 2.24) is 31.1 Å². The lowest BCUT2D eigenvalue weighted by atomic mass is 10.1. The monoisotopic (exact) mass is 442 g/mol. The molecule has 33 heavy (non-hydrogen) atoms. The maximum Gasteiger partial charge on any atom is 0.273 e. The Labute approximate surface area is 188 Å². The van der Waals surface area contributed by atoms with Gasteiger partial charge < -0.3 is 9.47 Å². The summed E-state index contributed by atoms with van der Waals surface area (Å²) in [6.07, 6.45) is 0. The minimum absolute atomic E-state index is 0.0516. The zero-order valence-corrected chi connectivity index (χ0v) is 17.3. The van der Waals surface area contributed by atoms with Gasteiger partial charge in [0.15, 0.2) is 11.5 Å². The van der Waals surface area contributed by atoms with Crippen molar-refractivity contribution in [2.24, 2.45) is 0 Å². The van der Waals surface area contributed by atoms with Crippen LogP contribution in [0.5, 0.6) is 11.5 Å². The van der Waals surface area contributed by atoms with E-state index in [1.165, 1.54) is 4.80 Å². The number of carbonyl (C=O) groups excluding carboxylic acids is 2. The average molecular weight is 442 g/mol. The number of nitrogens with one attached hydrogen (secondary N) is 2. The fourth-order valence-electron chi connectivity index (χ4n) is 3.30. The molecule has 3 aromatic carbocycles. The molecule has 1 aliphatic rings. The molecule has 10 nitrogen and oxygen atoms in total. The van der Waals surface area contributed by atoms with E-state index in [-0.39, 0.29) is 12.4 Å². The summed E-state index contributed by atoms with van der Waals surface area (Å²) < 4.78 is 10.6. The van der Waals surface area contributed by atoms with E-state index in [1.54, 1.807) is 42.5 Å². The number of hydrogen-bond acceptors (Lipinski definition) is 7. The average Bonchev–Trinajstić information content (AvgIpc) is 3.53. The van der Waals surface area contributed by atoms with Crippen LogP contribution in [0.1, 0.15) is 26.3 Å². The third kappa shape index (κ3) is 4.35. The number of hydrazine groups is 1. The van der Waals surface area contributed by atoms with Gasteiger partial charge in [0.05, 0.1) is 12.1 Å². The SMILES string of the molecule is O=C(NNC(=O)c1cccc2c1OCO2)c1ccc(Cn2nnc(-c3ccccc3)n2)cc1. The first-order chi connectivity index (χ1) is 16.2. The summed E-state index contributed by atoms with van der Waals surface area (Å²) in [5.74, 6) is 0.426. The largest absolute Gasteiger partial charge is 0.454 e. The highest BCUT2D eigenvalue weighted by atomic mass is 16.7. The number of nitrogens with zero attached hydrogens (tertiary/aromatic N) is 4. The van der Waals surface area contributed by atoms with Gasteiger partial charge in [0.1, 0.15) is 0 Å². The second kappa shape index (κ2) is 8.79. The first kappa shape index (κ1) is 20.2. The molecule has 5 rings (SSSR count). The van der Waals surface area contributed by atoms with Gasteiger partial charge >= 0.3 is 0 Å². The Morgan fingerprint density at radius 2 is 1.67 bits per heavy atom. The van der Waals surface area contributed by atoms with Gasteiger partial charge in [0.2, 0.25) is 12.6 Å². The van der Waals surface area contributed by atoms with Crippen molar-refractivity contribution in [3.63, 3.8) is 0 Å². The summed E-state index contributed by atoms with van der Waals surface area (Å²) in [5.41, 5.74) is 7.23. The molecule has 2 amide bonds. The second-order valence-corrected chi connectivity index (χ2v) is 7.15. The number of amides is 2. The van der Waals surface area contributed by atoms with Crippen molar-refractivity contribution >= 4 is 11.8 Å². The van der Waals surface area contributed by atoms with Gasteiger partial charge in [0, 0.05) is 11.1 Å². The molecule has 0 radical (unpaired) electrons. The minimum atomic E-state index is -0.506. The smallest absolute Gasteiger partial charge is 0.273 e.